The van der Waals surface area contributed by atoms with Crippen LogP contribution in [-0.2, 0) is 0 Å². The Morgan fingerprint density at radius 3 is 1.29 bits per heavy atom. The molecule has 8 heteroatoms. The van der Waals surface area contributed by atoms with Gasteiger partial charge in [0.1, 0.15) is 0 Å². The lowest BCUT2D eigenvalue weighted by Crippen LogP contribution is -2.68. The molecular formula is C13H24N6P2. The van der Waals surface area contributed by atoms with Gasteiger partial charge in [0.25, 0.3) is 0 Å². The standard InChI is InChI=1S/C13H24N6P2/c1(12-18-4-14-2-15(5-18)9-20(12)8-14)13-19-6-16-3-17(7-19)11-21(13)10-16/h12-13H,1-11H2. The van der Waals surface area contributed by atoms with Crippen LogP contribution in [0.1, 0.15) is 6.42 Å². The second-order valence-corrected chi connectivity index (χ2v) is 12.3. The summed E-state index contributed by atoms with van der Waals surface area (Å²) >= 11 is 0. The fourth-order valence-corrected chi connectivity index (χ4v) is 11.4. The van der Waals surface area contributed by atoms with Crippen LogP contribution in [0.4, 0.5) is 0 Å². The SMILES string of the molecule is C(C1N2CN3CN(C2)CP1C3)C1N2CN3CN(C2)CP1C3. The zero-order chi connectivity index (χ0) is 13.6. The number of rotatable bonds is 2. The Balaban J connectivity index is 1.23. The molecular weight excluding hydrogens is 302 g/mol. The highest BCUT2D eigenvalue weighted by Crippen LogP contribution is 2.59. The van der Waals surface area contributed by atoms with Gasteiger partial charge in [-0.25, -0.2) is 0 Å². The van der Waals surface area contributed by atoms with Crippen LogP contribution in [0.3, 0.4) is 0 Å². The van der Waals surface area contributed by atoms with E-state index in [0.29, 0.717) is 0 Å². The van der Waals surface area contributed by atoms with E-state index in [2.05, 4.69) is 29.4 Å². The summed E-state index contributed by atoms with van der Waals surface area (Å²) in [7, 11) is 0.431. The van der Waals surface area contributed by atoms with Crippen molar-refractivity contribution in [1.29, 1.82) is 0 Å². The van der Waals surface area contributed by atoms with Gasteiger partial charge in [-0.2, -0.15) is 0 Å². The predicted octanol–water partition coefficient (Wildman–Crippen LogP) is 0.461. The summed E-state index contributed by atoms with van der Waals surface area (Å²) < 4.78 is 0. The number of hydrogen-bond acceptors (Lipinski definition) is 6. The van der Waals surface area contributed by atoms with Gasteiger partial charge < -0.3 is 0 Å². The molecule has 21 heavy (non-hydrogen) atoms. The first-order valence-corrected chi connectivity index (χ1v) is 11.7. The second-order valence-electron chi connectivity index (χ2n) is 7.65. The van der Waals surface area contributed by atoms with E-state index >= 15 is 0 Å². The molecule has 0 radical (unpaired) electrons. The highest BCUT2D eigenvalue weighted by Gasteiger charge is 2.50. The van der Waals surface area contributed by atoms with Gasteiger partial charge >= 0.3 is 0 Å². The zero-order valence-electron chi connectivity index (χ0n) is 12.5. The maximum absolute atomic E-state index is 2.81. The van der Waals surface area contributed by atoms with E-state index < -0.39 is 0 Å². The van der Waals surface area contributed by atoms with Gasteiger partial charge in [0, 0.05) is 36.7 Å². The van der Waals surface area contributed by atoms with Crippen molar-refractivity contribution < 1.29 is 0 Å². The fraction of sp³-hybridized carbons (Fsp3) is 1.00. The summed E-state index contributed by atoms with van der Waals surface area (Å²) in [5.41, 5.74) is 0. The Bertz CT molecular complexity index is 366. The molecule has 8 rings (SSSR count). The van der Waals surface area contributed by atoms with E-state index in [-0.39, 0.29) is 15.8 Å². The molecule has 0 N–H and O–H groups in total. The van der Waals surface area contributed by atoms with Crippen molar-refractivity contribution in [3.8, 4) is 0 Å². The molecule has 8 heterocycles. The normalized spacial score (nSPS) is 63.4. The van der Waals surface area contributed by atoms with E-state index in [4.69, 9.17) is 0 Å². The lowest BCUT2D eigenvalue weighted by molar-refractivity contribution is -0.0675. The monoisotopic (exact) mass is 326 g/mol. The Morgan fingerprint density at radius 2 is 0.952 bits per heavy atom. The molecule has 0 amide bonds. The molecule has 0 saturated carbocycles. The lowest BCUT2D eigenvalue weighted by Gasteiger charge is -2.63. The lowest BCUT2D eigenvalue weighted by atomic mass is 10.3. The van der Waals surface area contributed by atoms with Crippen LogP contribution in [0.25, 0.3) is 0 Å². The third kappa shape index (κ3) is 1.95. The Labute approximate surface area is 129 Å². The second kappa shape index (κ2) is 4.58. The van der Waals surface area contributed by atoms with Crippen LogP contribution in [-0.4, -0.2) is 106 Å². The summed E-state index contributed by atoms with van der Waals surface area (Å²) in [6.07, 6.45) is 7.19. The molecule has 8 bridgehead atoms. The van der Waals surface area contributed by atoms with E-state index in [0.717, 1.165) is 11.6 Å². The molecule has 116 valence electrons. The molecule has 8 fully saturated rings. The molecule has 0 spiro atoms. The average Bonchev–Trinajstić information content (AvgIpc) is 2.43. The quantitative estimate of drug-likeness (QED) is 0.682. The van der Waals surface area contributed by atoms with Crippen molar-refractivity contribution in [3.63, 3.8) is 0 Å². The Kier molecular flexibility index (Phi) is 2.83. The smallest absolute Gasteiger partial charge is 0.0540 e. The first-order valence-electron chi connectivity index (χ1n) is 8.17. The highest BCUT2D eigenvalue weighted by molar-refractivity contribution is 7.59. The van der Waals surface area contributed by atoms with Gasteiger partial charge in [-0.1, -0.05) is 15.8 Å². The maximum atomic E-state index is 2.81. The maximum Gasteiger partial charge on any atom is 0.0540 e. The molecule has 6 unspecified atom stereocenters. The Hall–Kier alpha value is 0.620. The van der Waals surface area contributed by atoms with Crippen LogP contribution in [0.5, 0.6) is 0 Å². The van der Waals surface area contributed by atoms with Crippen LogP contribution in [0.2, 0.25) is 0 Å². The van der Waals surface area contributed by atoms with Crippen molar-refractivity contribution in [2.75, 3.05) is 65.2 Å². The summed E-state index contributed by atoms with van der Waals surface area (Å²) in [5.74, 6) is 1.87. The van der Waals surface area contributed by atoms with E-state index in [1.807, 2.05) is 0 Å². The third-order valence-corrected chi connectivity index (χ3v) is 11.8. The summed E-state index contributed by atoms with van der Waals surface area (Å²) in [6, 6.07) is 0. The molecule has 0 aromatic rings. The van der Waals surface area contributed by atoms with Gasteiger partial charge in [-0.3, -0.25) is 29.4 Å². The van der Waals surface area contributed by atoms with Crippen LogP contribution < -0.4 is 0 Å². The zero-order valence-corrected chi connectivity index (χ0v) is 14.3. The van der Waals surface area contributed by atoms with E-state index in [9.17, 15) is 0 Å². The van der Waals surface area contributed by atoms with Crippen LogP contribution in [0.15, 0.2) is 0 Å². The molecule has 0 aliphatic carbocycles. The molecule has 6 atom stereocenters. The highest BCUT2D eigenvalue weighted by atomic mass is 31.1. The van der Waals surface area contributed by atoms with Gasteiger partial charge in [0.05, 0.1) is 40.0 Å². The first-order chi connectivity index (χ1) is 10.3. The number of nitrogens with zero attached hydrogens (tertiary/aromatic N) is 6. The molecule has 6 nitrogen and oxygen atoms in total. The fourth-order valence-electron chi connectivity index (χ4n) is 5.34. The molecule has 8 aliphatic rings. The van der Waals surface area contributed by atoms with E-state index in [1.165, 1.54) is 71.6 Å². The van der Waals surface area contributed by atoms with Crippen molar-refractivity contribution in [2.45, 2.75) is 18.0 Å². The summed E-state index contributed by atoms with van der Waals surface area (Å²) in [5, 5.41) is 0. The van der Waals surface area contributed by atoms with Crippen molar-refractivity contribution in [2.24, 2.45) is 0 Å². The molecule has 0 aromatic heterocycles. The van der Waals surface area contributed by atoms with Gasteiger partial charge in [0.15, 0.2) is 0 Å². The van der Waals surface area contributed by atoms with E-state index in [1.54, 1.807) is 0 Å². The van der Waals surface area contributed by atoms with Crippen LogP contribution in [0, 0.1) is 0 Å². The Morgan fingerprint density at radius 1 is 0.571 bits per heavy atom. The molecule has 8 saturated heterocycles. The van der Waals surface area contributed by atoms with Crippen molar-refractivity contribution >= 4 is 15.8 Å². The minimum Gasteiger partial charge on any atom is -0.273 e. The largest absolute Gasteiger partial charge is 0.273 e. The minimum atomic E-state index is 0.215. The summed E-state index contributed by atoms with van der Waals surface area (Å²) in [6.45, 7) is 7.50. The predicted molar refractivity (Wildman–Crippen MR) is 85.7 cm³/mol. The molecule has 0 aromatic carbocycles. The van der Waals surface area contributed by atoms with Crippen molar-refractivity contribution in [1.82, 2.24) is 29.4 Å². The van der Waals surface area contributed by atoms with Crippen molar-refractivity contribution in [3.05, 3.63) is 0 Å². The van der Waals surface area contributed by atoms with Gasteiger partial charge in [0.2, 0.25) is 0 Å². The number of hydrogen-bond donors (Lipinski definition) is 0. The average molecular weight is 326 g/mol. The molecule has 8 aliphatic heterocycles. The van der Waals surface area contributed by atoms with Gasteiger partial charge in [-0.15, -0.1) is 0 Å². The first kappa shape index (κ1) is 13.0. The topological polar surface area (TPSA) is 19.4 Å². The van der Waals surface area contributed by atoms with Crippen LogP contribution >= 0.6 is 15.8 Å². The third-order valence-electron chi connectivity index (χ3n) is 5.96. The minimum absolute atomic E-state index is 0.215. The summed E-state index contributed by atoms with van der Waals surface area (Å²) in [4.78, 5) is 16.3. The van der Waals surface area contributed by atoms with Gasteiger partial charge in [-0.05, 0) is 6.42 Å².